The predicted octanol–water partition coefficient (Wildman–Crippen LogP) is 4.33. The second-order valence-electron chi connectivity index (χ2n) is 6.22. The van der Waals surface area contributed by atoms with Crippen LogP contribution in [0.15, 0.2) is 29.6 Å². The molecule has 0 saturated carbocycles. The zero-order chi connectivity index (χ0) is 14.6. The first-order valence-corrected chi connectivity index (χ1v) is 8.65. The van der Waals surface area contributed by atoms with Crippen LogP contribution >= 0.6 is 22.7 Å². The van der Waals surface area contributed by atoms with E-state index in [9.17, 15) is 0 Å². The van der Waals surface area contributed by atoms with Crippen molar-refractivity contribution in [1.82, 2.24) is 10.2 Å². The predicted molar refractivity (Wildman–Crippen MR) is 90.4 cm³/mol. The Kier molecular flexibility index (Phi) is 5.38. The Bertz CT molecular complexity index is 509. The third-order valence-electron chi connectivity index (χ3n) is 2.94. The van der Waals surface area contributed by atoms with Crippen molar-refractivity contribution in [2.24, 2.45) is 0 Å². The van der Waals surface area contributed by atoms with Crippen molar-refractivity contribution >= 4 is 22.7 Å². The molecule has 0 saturated heterocycles. The molecule has 0 aromatic carbocycles. The van der Waals surface area contributed by atoms with Crippen molar-refractivity contribution in [2.75, 3.05) is 7.05 Å². The first-order valence-electron chi connectivity index (χ1n) is 6.96. The number of nitrogens with zero attached hydrogens (tertiary/aromatic N) is 1. The van der Waals surface area contributed by atoms with E-state index < -0.39 is 0 Å². The summed E-state index contributed by atoms with van der Waals surface area (Å²) < 4.78 is 0. The maximum atomic E-state index is 3.54. The lowest BCUT2D eigenvalue weighted by Gasteiger charge is -2.19. The number of hydrogen-bond acceptors (Lipinski definition) is 4. The number of thiophene rings is 2. The standard InChI is InChI=1S/C16H24N2S2/c1-16(2,3)17-10-13-7-8-15(20-13)12-18(4)11-14-6-5-9-19-14/h5-9,17H,10-12H2,1-4H3. The minimum absolute atomic E-state index is 0.181. The Labute approximate surface area is 130 Å². The summed E-state index contributed by atoms with van der Waals surface area (Å²) in [6.45, 7) is 9.63. The van der Waals surface area contributed by atoms with E-state index >= 15 is 0 Å². The molecule has 0 unspecified atom stereocenters. The molecule has 0 aliphatic rings. The van der Waals surface area contributed by atoms with Crippen molar-refractivity contribution in [3.8, 4) is 0 Å². The minimum Gasteiger partial charge on any atom is -0.307 e. The molecule has 0 fully saturated rings. The second-order valence-corrected chi connectivity index (χ2v) is 8.51. The van der Waals surface area contributed by atoms with Gasteiger partial charge in [-0.1, -0.05) is 6.07 Å². The van der Waals surface area contributed by atoms with Gasteiger partial charge < -0.3 is 5.32 Å². The summed E-state index contributed by atoms with van der Waals surface area (Å²) in [7, 11) is 2.19. The van der Waals surface area contributed by atoms with Crippen molar-refractivity contribution in [3.63, 3.8) is 0 Å². The molecule has 20 heavy (non-hydrogen) atoms. The van der Waals surface area contributed by atoms with E-state index in [1.165, 1.54) is 14.6 Å². The fourth-order valence-electron chi connectivity index (χ4n) is 1.95. The Morgan fingerprint density at radius 2 is 1.75 bits per heavy atom. The van der Waals surface area contributed by atoms with Gasteiger partial charge in [0.1, 0.15) is 0 Å². The van der Waals surface area contributed by atoms with Gasteiger partial charge in [0.25, 0.3) is 0 Å². The van der Waals surface area contributed by atoms with E-state index in [1.807, 2.05) is 22.7 Å². The molecule has 0 spiro atoms. The van der Waals surface area contributed by atoms with Crippen molar-refractivity contribution in [1.29, 1.82) is 0 Å². The highest BCUT2D eigenvalue weighted by Gasteiger charge is 2.10. The van der Waals surface area contributed by atoms with Gasteiger partial charge >= 0.3 is 0 Å². The van der Waals surface area contributed by atoms with Crippen LogP contribution in [0.1, 0.15) is 35.4 Å². The molecule has 1 N–H and O–H groups in total. The molecular formula is C16H24N2S2. The van der Waals surface area contributed by atoms with Crippen molar-refractivity contribution in [3.05, 3.63) is 44.3 Å². The van der Waals surface area contributed by atoms with Gasteiger partial charge in [0.15, 0.2) is 0 Å². The summed E-state index contributed by atoms with van der Waals surface area (Å²) in [5.74, 6) is 0. The summed E-state index contributed by atoms with van der Waals surface area (Å²) in [5.41, 5.74) is 0.181. The molecule has 2 heterocycles. The van der Waals surface area contributed by atoms with Gasteiger partial charge in [0.2, 0.25) is 0 Å². The summed E-state index contributed by atoms with van der Waals surface area (Å²) >= 11 is 3.74. The highest BCUT2D eigenvalue weighted by atomic mass is 32.1. The Hall–Kier alpha value is -0.680. The van der Waals surface area contributed by atoms with E-state index in [2.05, 4.69) is 67.7 Å². The van der Waals surface area contributed by atoms with E-state index in [1.54, 1.807) is 0 Å². The molecule has 110 valence electrons. The molecule has 4 heteroatoms. The van der Waals surface area contributed by atoms with Crippen LogP contribution in [0.2, 0.25) is 0 Å². The third kappa shape index (κ3) is 5.37. The van der Waals surface area contributed by atoms with Crippen molar-refractivity contribution in [2.45, 2.75) is 45.9 Å². The SMILES string of the molecule is CN(Cc1cccs1)Cc1ccc(CNC(C)(C)C)s1. The van der Waals surface area contributed by atoms with Crippen LogP contribution in [0.25, 0.3) is 0 Å². The zero-order valence-corrected chi connectivity index (χ0v) is 14.4. The lowest BCUT2D eigenvalue weighted by molar-refractivity contribution is 0.325. The molecule has 0 bridgehead atoms. The van der Waals surface area contributed by atoms with Crippen LogP contribution < -0.4 is 5.32 Å². The smallest absolute Gasteiger partial charge is 0.0328 e. The van der Waals surface area contributed by atoms with E-state index in [-0.39, 0.29) is 5.54 Å². The quantitative estimate of drug-likeness (QED) is 0.854. The van der Waals surface area contributed by atoms with Gasteiger partial charge in [-0.15, -0.1) is 22.7 Å². The van der Waals surface area contributed by atoms with E-state index in [0.717, 1.165) is 19.6 Å². The maximum absolute atomic E-state index is 3.54. The molecule has 2 aromatic rings. The van der Waals surface area contributed by atoms with Crippen LogP contribution in [-0.4, -0.2) is 17.5 Å². The molecule has 0 atom stereocenters. The first-order chi connectivity index (χ1) is 9.42. The average molecular weight is 309 g/mol. The molecule has 0 amide bonds. The molecule has 0 aliphatic heterocycles. The normalized spacial score (nSPS) is 12.2. The van der Waals surface area contributed by atoms with Gasteiger partial charge in [0, 0.05) is 39.8 Å². The van der Waals surface area contributed by atoms with E-state index in [0.29, 0.717) is 0 Å². The Morgan fingerprint density at radius 1 is 1.05 bits per heavy atom. The number of nitrogens with one attached hydrogen (secondary N) is 1. The molecule has 0 radical (unpaired) electrons. The fourth-order valence-corrected chi connectivity index (χ4v) is 3.77. The third-order valence-corrected chi connectivity index (χ3v) is 4.87. The van der Waals surface area contributed by atoms with Crippen LogP contribution in [0.4, 0.5) is 0 Å². The van der Waals surface area contributed by atoms with Crippen LogP contribution in [0.3, 0.4) is 0 Å². The van der Waals surface area contributed by atoms with Gasteiger partial charge in [-0.3, -0.25) is 4.90 Å². The molecular weight excluding hydrogens is 284 g/mol. The summed E-state index contributed by atoms with van der Waals surface area (Å²) in [6.07, 6.45) is 0. The first kappa shape index (κ1) is 15.7. The lowest BCUT2D eigenvalue weighted by Crippen LogP contribution is -2.34. The van der Waals surface area contributed by atoms with E-state index in [4.69, 9.17) is 0 Å². The topological polar surface area (TPSA) is 15.3 Å². The highest BCUT2D eigenvalue weighted by molar-refractivity contribution is 7.12. The van der Waals surface area contributed by atoms with Gasteiger partial charge in [-0.25, -0.2) is 0 Å². The summed E-state index contributed by atoms with van der Waals surface area (Å²) in [5, 5.41) is 5.68. The maximum Gasteiger partial charge on any atom is 0.0328 e. The minimum atomic E-state index is 0.181. The summed E-state index contributed by atoms with van der Waals surface area (Å²) in [6, 6.07) is 8.83. The Balaban J connectivity index is 1.83. The Morgan fingerprint density at radius 3 is 2.40 bits per heavy atom. The highest BCUT2D eigenvalue weighted by Crippen LogP contribution is 2.20. The number of hydrogen-bond donors (Lipinski definition) is 1. The van der Waals surface area contributed by atoms with Gasteiger partial charge in [0.05, 0.1) is 0 Å². The molecule has 2 nitrogen and oxygen atoms in total. The largest absolute Gasteiger partial charge is 0.307 e. The number of rotatable bonds is 6. The van der Waals surface area contributed by atoms with Crippen LogP contribution in [-0.2, 0) is 19.6 Å². The summed E-state index contributed by atoms with van der Waals surface area (Å²) in [4.78, 5) is 6.66. The molecule has 2 rings (SSSR count). The van der Waals surface area contributed by atoms with Crippen LogP contribution in [0.5, 0.6) is 0 Å². The zero-order valence-electron chi connectivity index (χ0n) is 12.8. The fraction of sp³-hybridized carbons (Fsp3) is 0.500. The molecule has 0 aliphatic carbocycles. The lowest BCUT2D eigenvalue weighted by atomic mass is 10.1. The average Bonchev–Trinajstić information content (AvgIpc) is 2.97. The van der Waals surface area contributed by atoms with Crippen LogP contribution in [0, 0.1) is 0 Å². The van der Waals surface area contributed by atoms with Gasteiger partial charge in [-0.05, 0) is 51.4 Å². The van der Waals surface area contributed by atoms with Crippen molar-refractivity contribution < 1.29 is 0 Å². The molecule has 2 aromatic heterocycles. The second kappa shape index (κ2) is 6.85. The monoisotopic (exact) mass is 308 g/mol. The van der Waals surface area contributed by atoms with Gasteiger partial charge in [-0.2, -0.15) is 0 Å².